The van der Waals surface area contributed by atoms with Gasteiger partial charge in [0.25, 0.3) is 0 Å². The van der Waals surface area contributed by atoms with E-state index in [1.54, 1.807) is 30.7 Å². The molecule has 0 saturated heterocycles. The van der Waals surface area contributed by atoms with Gasteiger partial charge in [0.15, 0.2) is 11.6 Å². The van der Waals surface area contributed by atoms with Crippen molar-refractivity contribution in [3.63, 3.8) is 0 Å². The molecule has 3 aromatic rings. The van der Waals surface area contributed by atoms with Crippen LogP contribution in [0.25, 0.3) is 22.8 Å². The largest absolute Gasteiger partial charge is 0.265 e. The highest BCUT2D eigenvalue weighted by molar-refractivity contribution is 5.61. The van der Waals surface area contributed by atoms with Crippen LogP contribution in [0.2, 0.25) is 0 Å². The summed E-state index contributed by atoms with van der Waals surface area (Å²) in [5.74, 6) is 1.19. The minimum absolute atomic E-state index is 0.250. The zero-order valence-electron chi connectivity index (χ0n) is 11.4. The molecule has 3 rings (SSSR count). The second-order valence-corrected chi connectivity index (χ2v) is 3.94. The fraction of sp³-hybridized carbons (Fsp3) is 0. The number of H-pyrrole nitrogens is 1. The van der Waals surface area contributed by atoms with E-state index in [9.17, 15) is 4.39 Å². The minimum atomic E-state index is 0.250. The van der Waals surface area contributed by atoms with Crippen LogP contribution in [0.4, 0.5) is 4.39 Å². The molecule has 0 aromatic carbocycles. The fourth-order valence-electron chi connectivity index (χ4n) is 1.66. The van der Waals surface area contributed by atoms with Gasteiger partial charge in [-0.25, -0.2) is 14.4 Å². The summed E-state index contributed by atoms with van der Waals surface area (Å²) in [5, 5.41) is 15.8. The van der Waals surface area contributed by atoms with E-state index in [0.29, 0.717) is 17.3 Å². The molecule has 0 amide bonds. The number of hydrogen-bond acceptors (Lipinski definition) is 5. The van der Waals surface area contributed by atoms with Gasteiger partial charge < -0.3 is 0 Å². The van der Waals surface area contributed by atoms with Crippen molar-refractivity contribution in [3.8, 4) is 28.8 Å². The molecule has 7 heteroatoms. The number of halogens is 1. The Labute approximate surface area is 126 Å². The summed E-state index contributed by atoms with van der Waals surface area (Å²) >= 11 is 0. The maximum Gasteiger partial charge on any atom is 0.181 e. The van der Waals surface area contributed by atoms with Gasteiger partial charge in [0.05, 0.1) is 6.33 Å². The molecular formula is C15H11FN6. The molecule has 3 aromatic heterocycles. The van der Waals surface area contributed by atoms with Gasteiger partial charge in [0.1, 0.15) is 11.8 Å². The van der Waals surface area contributed by atoms with Crippen molar-refractivity contribution < 1.29 is 4.39 Å². The summed E-state index contributed by atoms with van der Waals surface area (Å²) in [6.07, 6.45) is 5.20. The van der Waals surface area contributed by atoms with E-state index in [0.717, 1.165) is 11.1 Å². The Kier molecular flexibility index (Phi) is 5.04. The molecule has 0 unspecified atom stereocenters. The van der Waals surface area contributed by atoms with E-state index >= 15 is 0 Å². The molecule has 0 aliphatic heterocycles. The van der Waals surface area contributed by atoms with E-state index < -0.39 is 0 Å². The summed E-state index contributed by atoms with van der Waals surface area (Å²) in [4.78, 5) is 12.3. The highest BCUT2D eigenvalue weighted by atomic mass is 19.1. The SMILES string of the molecule is C=CF.N#Cc1cc(-c2n[nH]c(-c3ccncc3)n2)ccn1. The van der Waals surface area contributed by atoms with Crippen molar-refractivity contribution in [1.82, 2.24) is 25.1 Å². The van der Waals surface area contributed by atoms with Gasteiger partial charge in [-0.15, -0.1) is 0 Å². The molecule has 108 valence electrons. The minimum Gasteiger partial charge on any atom is -0.265 e. The van der Waals surface area contributed by atoms with Crippen LogP contribution in [0.5, 0.6) is 0 Å². The van der Waals surface area contributed by atoms with E-state index in [1.807, 2.05) is 18.2 Å². The molecule has 0 aliphatic carbocycles. The van der Waals surface area contributed by atoms with Crippen LogP contribution in [0.15, 0.2) is 55.8 Å². The highest BCUT2D eigenvalue weighted by Crippen LogP contribution is 2.19. The van der Waals surface area contributed by atoms with Gasteiger partial charge in [-0.2, -0.15) is 10.4 Å². The molecule has 22 heavy (non-hydrogen) atoms. The van der Waals surface area contributed by atoms with E-state index in [-0.39, 0.29) is 6.33 Å². The lowest BCUT2D eigenvalue weighted by Gasteiger charge is -1.94. The van der Waals surface area contributed by atoms with Crippen LogP contribution in [0.3, 0.4) is 0 Å². The van der Waals surface area contributed by atoms with Crippen molar-refractivity contribution in [1.29, 1.82) is 5.26 Å². The Hall–Kier alpha value is -3.40. The van der Waals surface area contributed by atoms with Crippen molar-refractivity contribution >= 4 is 0 Å². The first-order chi connectivity index (χ1) is 10.8. The third-order valence-electron chi connectivity index (χ3n) is 2.57. The Bertz CT molecular complexity index is 791. The summed E-state index contributed by atoms with van der Waals surface area (Å²) in [6.45, 7) is 2.69. The van der Waals surface area contributed by atoms with Crippen LogP contribution in [-0.4, -0.2) is 25.1 Å². The number of pyridine rings is 2. The smallest absolute Gasteiger partial charge is 0.181 e. The monoisotopic (exact) mass is 294 g/mol. The Morgan fingerprint density at radius 1 is 1.18 bits per heavy atom. The zero-order valence-corrected chi connectivity index (χ0v) is 11.4. The average molecular weight is 294 g/mol. The number of nitrogens with one attached hydrogen (secondary N) is 1. The van der Waals surface area contributed by atoms with Crippen LogP contribution >= 0.6 is 0 Å². The van der Waals surface area contributed by atoms with Crippen LogP contribution < -0.4 is 0 Å². The number of hydrogen-bond donors (Lipinski definition) is 1. The van der Waals surface area contributed by atoms with Crippen molar-refractivity contribution in [2.24, 2.45) is 0 Å². The van der Waals surface area contributed by atoms with E-state index in [1.165, 1.54) is 0 Å². The summed E-state index contributed by atoms with van der Waals surface area (Å²) < 4.78 is 10.1. The summed E-state index contributed by atoms with van der Waals surface area (Å²) in [6, 6.07) is 9.10. The summed E-state index contributed by atoms with van der Waals surface area (Å²) in [7, 11) is 0. The molecule has 0 bridgehead atoms. The number of nitrogens with zero attached hydrogens (tertiary/aromatic N) is 5. The molecule has 3 heterocycles. The fourth-order valence-corrected chi connectivity index (χ4v) is 1.66. The molecule has 0 fully saturated rings. The Balaban J connectivity index is 0.000000545. The molecule has 0 spiro atoms. The van der Waals surface area contributed by atoms with Gasteiger partial charge in [-0.05, 0) is 24.3 Å². The predicted molar refractivity (Wildman–Crippen MR) is 78.9 cm³/mol. The van der Waals surface area contributed by atoms with Crippen molar-refractivity contribution in [3.05, 3.63) is 61.5 Å². The Morgan fingerprint density at radius 2 is 1.86 bits per heavy atom. The zero-order chi connectivity index (χ0) is 15.8. The molecule has 0 atom stereocenters. The maximum absolute atomic E-state index is 10.1. The molecule has 1 N–H and O–H groups in total. The van der Waals surface area contributed by atoms with Crippen LogP contribution in [0, 0.1) is 11.3 Å². The maximum atomic E-state index is 10.1. The van der Waals surface area contributed by atoms with Gasteiger partial charge in [-0.3, -0.25) is 10.1 Å². The van der Waals surface area contributed by atoms with Crippen molar-refractivity contribution in [2.45, 2.75) is 0 Å². The van der Waals surface area contributed by atoms with Crippen LogP contribution in [0.1, 0.15) is 5.69 Å². The molecule has 0 saturated carbocycles. The number of nitriles is 1. The second-order valence-electron chi connectivity index (χ2n) is 3.94. The van der Waals surface area contributed by atoms with E-state index in [2.05, 4.69) is 31.7 Å². The third-order valence-corrected chi connectivity index (χ3v) is 2.57. The Morgan fingerprint density at radius 3 is 2.55 bits per heavy atom. The molecular weight excluding hydrogens is 283 g/mol. The summed E-state index contributed by atoms with van der Waals surface area (Å²) in [5.41, 5.74) is 2.00. The normalized spacial score (nSPS) is 9.27. The first-order valence-corrected chi connectivity index (χ1v) is 6.19. The van der Waals surface area contributed by atoms with Gasteiger partial charge in [0, 0.05) is 29.7 Å². The van der Waals surface area contributed by atoms with E-state index in [4.69, 9.17) is 5.26 Å². The molecule has 6 nitrogen and oxygen atoms in total. The molecule has 0 aliphatic rings. The number of rotatable bonds is 2. The first-order valence-electron chi connectivity index (χ1n) is 6.19. The topological polar surface area (TPSA) is 91.1 Å². The predicted octanol–water partition coefficient (Wildman–Crippen LogP) is 2.90. The number of aromatic amines is 1. The van der Waals surface area contributed by atoms with Crippen LogP contribution in [-0.2, 0) is 0 Å². The van der Waals surface area contributed by atoms with Gasteiger partial charge in [0.2, 0.25) is 0 Å². The molecule has 0 radical (unpaired) electrons. The second kappa shape index (κ2) is 7.40. The number of aromatic nitrogens is 5. The lowest BCUT2D eigenvalue weighted by Crippen LogP contribution is -1.86. The van der Waals surface area contributed by atoms with Gasteiger partial charge in [-0.1, -0.05) is 6.58 Å². The van der Waals surface area contributed by atoms with Crippen molar-refractivity contribution in [2.75, 3.05) is 0 Å². The lowest BCUT2D eigenvalue weighted by molar-refractivity contribution is 0.725. The lowest BCUT2D eigenvalue weighted by atomic mass is 10.2. The average Bonchev–Trinajstić information content (AvgIpc) is 3.06. The standard InChI is InChI=1S/C13H8N6.C2H3F/c14-8-11-7-10(3-6-16-11)13-17-12(18-19-13)9-1-4-15-5-2-9;1-2-3/h1-7H,(H,17,18,19);2H,1H2. The van der Waals surface area contributed by atoms with Gasteiger partial charge >= 0.3 is 0 Å². The quantitative estimate of drug-likeness (QED) is 0.784. The highest BCUT2D eigenvalue weighted by Gasteiger charge is 2.08. The third kappa shape index (κ3) is 3.58. The first kappa shape index (κ1) is 15.0.